The van der Waals surface area contributed by atoms with E-state index in [9.17, 15) is 0 Å². The first-order chi connectivity index (χ1) is 10.1. The highest BCUT2D eigenvalue weighted by atomic mass is 16.5. The third kappa shape index (κ3) is 6.49. The average Bonchev–Trinajstić information content (AvgIpc) is 3.26. The number of nitrogens with one attached hydrogen (secondary N) is 1. The highest BCUT2D eigenvalue weighted by Crippen LogP contribution is 2.22. The van der Waals surface area contributed by atoms with Crippen LogP contribution in [-0.2, 0) is 11.3 Å². The van der Waals surface area contributed by atoms with E-state index in [1.54, 1.807) is 0 Å². The van der Waals surface area contributed by atoms with E-state index < -0.39 is 0 Å². The molecule has 1 fully saturated rings. The van der Waals surface area contributed by atoms with E-state index in [0.717, 1.165) is 24.8 Å². The van der Waals surface area contributed by atoms with Crippen molar-refractivity contribution in [1.29, 1.82) is 0 Å². The predicted octanol–water partition coefficient (Wildman–Crippen LogP) is 3.77. The van der Waals surface area contributed by atoms with Crippen LogP contribution in [0.2, 0.25) is 0 Å². The number of rotatable bonds is 10. The van der Waals surface area contributed by atoms with E-state index in [2.05, 4.69) is 38.2 Å². The lowest BCUT2D eigenvalue weighted by molar-refractivity contribution is 0.0329. The van der Waals surface area contributed by atoms with Crippen LogP contribution in [0.3, 0.4) is 0 Å². The molecule has 0 saturated heterocycles. The van der Waals surface area contributed by atoms with Crippen LogP contribution in [-0.4, -0.2) is 25.4 Å². The summed E-state index contributed by atoms with van der Waals surface area (Å²) in [6, 6.07) is 8.99. The van der Waals surface area contributed by atoms with Crippen molar-refractivity contribution in [2.24, 2.45) is 5.92 Å². The fourth-order valence-electron chi connectivity index (χ4n) is 2.47. The maximum atomic E-state index is 5.88. The van der Waals surface area contributed by atoms with Crippen LogP contribution in [0.4, 0.5) is 0 Å². The Morgan fingerprint density at radius 3 is 2.62 bits per heavy atom. The van der Waals surface area contributed by atoms with E-state index in [0.29, 0.717) is 25.2 Å². The second kappa shape index (κ2) is 8.40. The predicted molar refractivity (Wildman–Crippen MR) is 86.7 cm³/mol. The Bertz CT molecular complexity index is 415. The fraction of sp³-hybridized carbons (Fsp3) is 0.667. The summed E-state index contributed by atoms with van der Waals surface area (Å²) < 4.78 is 11.7. The van der Waals surface area contributed by atoms with E-state index in [4.69, 9.17) is 9.47 Å². The van der Waals surface area contributed by atoms with Gasteiger partial charge in [0.1, 0.15) is 12.4 Å². The molecule has 0 bridgehead atoms. The van der Waals surface area contributed by atoms with Gasteiger partial charge in [-0.3, -0.25) is 0 Å². The molecule has 1 aromatic rings. The molecule has 0 spiro atoms. The first-order valence-electron chi connectivity index (χ1n) is 8.21. The molecule has 0 radical (unpaired) electrons. The van der Waals surface area contributed by atoms with Crippen LogP contribution in [0, 0.1) is 5.92 Å². The van der Waals surface area contributed by atoms with Crippen LogP contribution in [0.5, 0.6) is 5.75 Å². The van der Waals surface area contributed by atoms with E-state index in [1.165, 1.54) is 18.4 Å². The summed E-state index contributed by atoms with van der Waals surface area (Å²) >= 11 is 0. The number of benzene rings is 1. The van der Waals surface area contributed by atoms with Crippen molar-refractivity contribution in [1.82, 2.24) is 5.32 Å². The molecule has 1 unspecified atom stereocenters. The zero-order chi connectivity index (χ0) is 15.1. The summed E-state index contributed by atoms with van der Waals surface area (Å²) in [6.07, 6.45) is 4.03. The molecule has 1 saturated carbocycles. The number of para-hydroxylation sites is 1. The molecule has 0 amide bonds. The third-order valence-corrected chi connectivity index (χ3v) is 3.68. The smallest absolute Gasteiger partial charge is 0.123 e. The Morgan fingerprint density at radius 1 is 1.14 bits per heavy atom. The highest BCUT2D eigenvalue weighted by molar-refractivity contribution is 5.33. The van der Waals surface area contributed by atoms with Crippen molar-refractivity contribution in [2.45, 2.75) is 58.7 Å². The number of hydrogen-bond acceptors (Lipinski definition) is 3. The molecule has 0 aliphatic heterocycles. The molecule has 2 rings (SSSR count). The lowest BCUT2D eigenvalue weighted by atomic mass is 10.1. The maximum Gasteiger partial charge on any atom is 0.123 e. The normalized spacial score (nSPS) is 16.2. The van der Waals surface area contributed by atoms with Gasteiger partial charge < -0.3 is 14.8 Å². The second-order valence-electron chi connectivity index (χ2n) is 6.42. The quantitative estimate of drug-likeness (QED) is 0.666. The monoisotopic (exact) mass is 291 g/mol. The minimum atomic E-state index is 0.306. The summed E-state index contributed by atoms with van der Waals surface area (Å²) in [6.45, 7) is 8.74. The Hall–Kier alpha value is -1.06. The van der Waals surface area contributed by atoms with Gasteiger partial charge in [0.25, 0.3) is 0 Å². The molecule has 0 heterocycles. The first kappa shape index (κ1) is 16.3. The zero-order valence-electron chi connectivity index (χ0n) is 13.6. The van der Waals surface area contributed by atoms with Gasteiger partial charge in [-0.2, -0.15) is 0 Å². The summed E-state index contributed by atoms with van der Waals surface area (Å²) in [4.78, 5) is 0. The molecular formula is C18H29NO2. The minimum Gasteiger partial charge on any atom is -0.491 e. The van der Waals surface area contributed by atoms with Gasteiger partial charge in [0, 0.05) is 18.2 Å². The van der Waals surface area contributed by atoms with Gasteiger partial charge in [0.05, 0.1) is 12.7 Å². The van der Waals surface area contributed by atoms with Gasteiger partial charge in [0.2, 0.25) is 0 Å². The van der Waals surface area contributed by atoms with Crippen LogP contribution in [0.1, 0.15) is 45.6 Å². The third-order valence-electron chi connectivity index (χ3n) is 3.68. The fourth-order valence-corrected chi connectivity index (χ4v) is 2.47. The van der Waals surface area contributed by atoms with Gasteiger partial charge in [-0.1, -0.05) is 32.0 Å². The van der Waals surface area contributed by atoms with Crippen LogP contribution in [0.25, 0.3) is 0 Å². The van der Waals surface area contributed by atoms with E-state index in [1.807, 2.05) is 12.1 Å². The van der Waals surface area contributed by atoms with E-state index in [-0.39, 0.29) is 0 Å². The lowest BCUT2D eigenvalue weighted by Crippen LogP contribution is -2.18. The minimum absolute atomic E-state index is 0.306. The van der Waals surface area contributed by atoms with Gasteiger partial charge in [-0.25, -0.2) is 0 Å². The second-order valence-corrected chi connectivity index (χ2v) is 6.42. The van der Waals surface area contributed by atoms with Crippen molar-refractivity contribution < 1.29 is 9.47 Å². The molecule has 0 aromatic heterocycles. The van der Waals surface area contributed by atoms with Gasteiger partial charge in [0.15, 0.2) is 0 Å². The molecule has 1 N–H and O–H groups in total. The molecule has 1 aromatic carbocycles. The summed E-state index contributed by atoms with van der Waals surface area (Å²) in [5, 5.41) is 3.53. The summed E-state index contributed by atoms with van der Waals surface area (Å²) in [5.74, 6) is 1.65. The van der Waals surface area contributed by atoms with Crippen molar-refractivity contribution >= 4 is 0 Å². The standard InChI is InChI=1S/C18H29NO2/c1-14(2)12-15(3)20-10-11-21-18-7-5-4-6-16(18)13-19-17-8-9-17/h4-7,14-15,17,19H,8-13H2,1-3H3. The van der Waals surface area contributed by atoms with Gasteiger partial charge >= 0.3 is 0 Å². The molecule has 1 atom stereocenters. The van der Waals surface area contributed by atoms with Crippen LogP contribution < -0.4 is 10.1 Å². The largest absolute Gasteiger partial charge is 0.491 e. The topological polar surface area (TPSA) is 30.5 Å². The molecule has 1 aliphatic rings. The van der Waals surface area contributed by atoms with Crippen molar-refractivity contribution in [3.8, 4) is 5.75 Å². The molecule has 3 nitrogen and oxygen atoms in total. The Kier molecular flexibility index (Phi) is 6.52. The van der Waals surface area contributed by atoms with Crippen LogP contribution in [0.15, 0.2) is 24.3 Å². The highest BCUT2D eigenvalue weighted by Gasteiger charge is 2.20. The molecule has 1 aliphatic carbocycles. The van der Waals surface area contributed by atoms with Gasteiger partial charge in [-0.05, 0) is 38.2 Å². The Balaban J connectivity index is 1.69. The Labute approximate surface area is 129 Å². The first-order valence-corrected chi connectivity index (χ1v) is 8.21. The molecule has 21 heavy (non-hydrogen) atoms. The molecule has 118 valence electrons. The van der Waals surface area contributed by atoms with Crippen LogP contribution >= 0.6 is 0 Å². The summed E-state index contributed by atoms with van der Waals surface area (Å²) in [5.41, 5.74) is 1.24. The molecule has 3 heteroatoms. The number of ether oxygens (including phenoxy) is 2. The zero-order valence-corrected chi connectivity index (χ0v) is 13.6. The van der Waals surface area contributed by atoms with Crippen molar-refractivity contribution in [2.75, 3.05) is 13.2 Å². The number of hydrogen-bond donors (Lipinski definition) is 1. The molecular weight excluding hydrogens is 262 g/mol. The lowest BCUT2D eigenvalue weighted by Gasteiger charge is -2.16. The van der Waals surface area contributed by atoms with Crippen molar-refractivity contribution in [3.63, 3.8) is 0 Å². The van der Waals surface area contributed by atoms with Gasteiger partial charge in [-0.15, -0.1) is 0 Å². The van der Waals surface area contributed by atoms with E-state index >= 15 is 0 Å². The Morgan fingerprint density at radius 2 is 1.90 bits per heavy atom. The average molecular weight is 291 g/mol. The SMILES string of the molecule is CC(C)CC(C)OCCOc1ccccc1CNC1CC1. The maximum absolute atomic E-state index is 5.88. The summed E-state index contributed by atoms with van der Waals surface area (Å²) in [7, 11) is 0. The van der Waals surface area contributed by atoms with Crippen molar-refractivity contribution in [3.05, 3.63) is 29.8 Å².